The van der Waals surface area contributed by atoms with Crippen LogP contribution in [0.4, 0.5) is 3.89 Å². The van der Waals surface area contributed by atoms with Gasteiger partial charge in [-0.25, -0.2) is 0 Å². The van der Waals surface area contributed by atoms with Gasteiger partial charge in [-0.3, -0.25) is 4.79 Å². The number of hydrogen-bond acceptors (Lipinski definition) is 3. The molecule has 6 heteroatoms. The number of halogens is 1. The van der Waals surface area contributed by atoms with Gasteiger partial charge in [0.05, 0.1) is 0 Å². The zero-order chi connectivity index (χ0) is 12.5. The van der Waals surface area contributed by atoms with E-state index in [0.717, 1.165) is 0 Å². The van der Waals surface area contributed by atoms with Gasteiger partial charge in [-0.05, 0) is 18.6 Å². The van der Waals surface area contributed by atoms with Crippen LogP contribution < -0.4 is 0 Å². The molecule has 1 amide bonds. The van der Waals surface area contributed by atoms with E-state index in [1.165, 1.54) is 4.90 Å². The summed E-state index contributed by atoms with van der Waals surface area (Å²) in [5.74, 6) is -0.253. The molecule has 1 aromatic rings. The first-order chi connectivity index (χ1) is 7.98. The average molecular weight is 257 g/mol. The largest absolute Gasteiger partial charge is 0.337 e. The predicted molar refractivity (Wildman–Crippen MR) is 60.8 cm³/mol. The van der Waals surface area contributed by atoms with Crippen molar-refractivity contribution in [3.8, 4) is 0 Å². The Kier molecular flexibility index (Phi) is 3.15. The van der Waals surface area contributed by atoms with E-state index in [9.17, 15) is 17.1 Å². The highest BCUT2D eigenvalue weighted by atomic mass is 32.3. The fraction of sp³-hybridized carbons (Fsp3) is 0.364. The number of benzene rings is 1. The highest BCUT2D eigenvalue weighted by Crippen LogP contribution is 2.20. The van der Waals surface area contributed by atoms with E-state index in [0.29, 0.717) is 5.56 Å². The number of likely N-dealkylation sites (tertiary alicyclic amines) is 1. The summed E-state index contributed by atoms with van der Waals surface area (Å²) in [4.78, 5) is 13.3. The van der Waals surface area contributed by atoms with Crippen molar-refractivity contribution >= 4 is 16.1 Å². The summed E-state index contributed by atoms with van der Waals surface area (Å²) >= 11 is 0. The summed E-state index contributed by atoms with van der Waals surface area (Å²) in [7, 11) is -4.55. The minimum absolute atomic E-state index is 0.0629. The maximum Gasteiger partial charge on any atom is 0.307 e. The fourth-order valence-corrected chi connectivity index (χ4v) is 2.65. The molecule has 0 spiro atoms. The molecule has 1 atom stereocenters. The smallest absolute Gasteiger partial charge is 0.307 e. The molecule has 1 saturated heterocycles. The van der Waals surface area contributed by atoms with Crippen LogP contribution in [-0.4, -0.2) is 37.6 Å². The highest BCUT2D eigenvalue weighted by molar-refractivity contribution is 7.87. The standard InChI is InChI=1S/C11H12FNO3S/c12-17(15,16)10-6-7-13(8-10)11(14)9-4-2-1-3-5-9/h1-5,10H,6-8H2. The van der Waals surface area contributed by atoms with Crippen molar-refractivity contribution in [1.29, 1.82) is 0 Å². The van der Waals surface area contributed by atoms with Crippen molar-refractivity contribution in [3.05, 3.63) is 35.9 Å². The zero-order valence-corrected chi connectivity index (χ0v) is 9.86. The van der Waals surface area contributed by atoms with Crippen molar-refractivity contribution in [2.24, 2.45) is 0 Å². The first-order valence-corrected chi connectivity index (χ1v) is 6.71. The van der Waals surface area contributed by atoms with Crippen molar-refractivity contribution in [3.63, 3.8) is 0 Å². The van der Waals surface area contributed by atoms with E-state index in [1.807, 2.05) is 0 Å². The molecule has 1 aromatic carbocycles. The zero-order valence-electron chi connectivity index (χ0n) is 9.04. The van der Waals surface area contributed by atoms with Crippen LogP contribution in [0, 0.1) is 0 Å². The molecule has 0 bridgehead atoms. The SMILES string of the molecule is O=C(c1ccccc1)N1CCC(S(=O)(=O)F)C1. The Labute approximate surface area is 99.3 Å². The quantitative estimate of drug-likeness (QED) is 0.748. The molecule has 1 unspecified atom stereocenters. The fourth-order valence-electron chi connectivity index (χ4n) is 1.91. The van der Waals surface area contributed by atoms with E-state index < -0.39 is 15.5 Å². The van der Waals surface area contributed by atoms with Gasteiger partial charge in [-0.15, -0.1) is 3.89 Å². The average Bonchev–Trinajstić information content (AvgIpc) is 2.78. The summed E-state index contributed by atoms with van der Waals surface area (Å²) < 4.78 is 34.2. The van der Waals surface area contributed by atoms with E-state index in [4.69, 9.17) is 0 Å². The third-order valence-electron chi connectivity index (χ3n) is 2.85. The van der Waals surface area contributed by atoms with Gasteiger partial charge in [0.15, 0.2) is 0 Å². The van der Waals surface area contributed by atoms with Crippen LogP contribution in [0.1, 0.15) is 16.8 Å². The molecule has 4 nitrogen and oxygen atoms in total. The van der Waals surface area contributed by atoms with Gasteiger partial charge < -0.3 is 4.90 Å². The molecule has 92 valence electrons. The van der Waals surface area contributed by atoms with Gasteiger partial charge in [0.1, 0.15) is 5.25 Å². The molecule has 0 aromatic heterocycles. The second kappa shape index (κ2) is 4.44. The van der Waals surface area contributed by atoms with Gasteiger partial charge >= 0.3 is 10.2 Å². The van der Waals surface area contributed by atoms with Gasteiger partial charge in [0, 0.05) is 18.7 Å². The Morgan fingerprint density at radius 3 is 2.47 bits per heavy atom. The Hall–Kier alpha value is -1.43. The Morgan fingerprint density at radius 1 is 1.29 bits per heavy atom. The lowest BCUT2D eigenvalue weighted by atomic mass is 10.2. The van der Waals surface area contributed by atoms with Crippen LogP contribution in [-0.2, 0) is 10.2 Å². The van der Waals surface area contributed by atoms with E-state index >= 15 is 0 Å². The molecule has 0 aliphatic carbocycles. The molecular weight excluding hydrogens is 245 g/mol. The second-order valence-corrected chi connectivity index (χ2v) is 5.62. The van der Waals surface area contributed by atoms with Crippen molar-refractivity contribution in [2.75, 3.05) is 13.1 Å². The Balaban J connectivity index is 2.10. The first kappa shape index (κ1) is 12.0. The van der Waals surface area contributed by atoms with Crippen molar-refractivity contribution in [2.45, 2.75) is 11.7 Å². The molecule has 2 rings (SSSR count). The van der Waals surface area contributed by atoms with Crippen molar-refractivity contribution in [1.82, 2.24) is 4.90 Å². The van der Waals surface area contributed by atoms with Gasteiger partial charge in [0.2, 0.25) is 0 Å². The number of nitrogens with zero attached hydrogens (tertiary/aromatic N) is 1. The van der Waals surface area contributed by atoms with Crippen LogP contribution in [0.5, 0.6) is 0 Å². The maximum atomic E-state index is 12.8. The number of hydrogen-bond donors (Lipinski definition) is 0. The van der Waals surface area contributed by atoms with Crippen LogP contribution in [0.2, 0.25) is 0 Å². The number of rotatable bonds is 2. The number of carbonyl (C=O) groups is 1. The summed E-state index contributed by atoms with van der Waals surface area (Å²) in [5.41, 5.74) is 0.490. The Bertz CT molecular complexity index is 515. The maximum absolute atomic E-state index is 12.8. The van der Waals surface area contributed by atoms with Crippen molar-refractivity contribution < 1.29 is 17.1 Å². The lowest BCUT2D eigenvalue weighted by Gasteiger charge is -2.15. The van der Waals surface area contributed by atoms with Gasteiger partial charge in [0.25, 0.3) is 5.91 Å². The minimum atomic E-state index is -4.55. The van der Waals surface area contributed by atoms with E-state index in [-0.39, 0.29) is 25.4 Å². The lowest BCUT2D eigenvalue weighted by molar-refractivity contribution is 0.0793. The van der Waals surface area contributed by atoms with Crippen LogP contribution in [0.15, 0.2) is 30.3 Å². The third kappa shape index (κ3) is 2.63. The summed E-state index contributed by atoms with van der Waals surface area (Å²) in [6.07, 6.45) is 0.164. The third-order valence-corrected chi connectivity index (χ3v) is 4.03. The monoisotopic (exact) mass is 257 g/mol. The molecule has 1 heterocycles. The summed E-state index contributed by atoms with van der Waals surface area (Å²) in [5, 5.41) is -1.07. The molecule has 0 saturated carbocycles. The molecular formula is C11H12FNO3S. The number of amides is 1. The minimum Gasteiger partial charge on any atom is -0.337 e. The van der Waals surface area contributed by atoms with Gasteiger partial charge in [-0.1, -0.05) is 18.2 Å². The van der Waals surface area contributed by atoms with Crippen LogP contribution in [0.3, 0.4) is 0 Å². The molecule has 0 radical (unpaired) electrons. The number of carbonyl (C=O) groups excluding carboxylic acids is 1. The molecule has 1 aliphatic rings. The molecule has 17 heavy (non-hydrogen) atoms. The van der Waals surface area contributed by atoms with Crippen LogP contribution in [0.25, 0.3) is 0 Å². The van der Waals surface area contributed by atoms with E-state index in [1.54, 1.807) is 30.3 Å². The van der Waals surface area contributed by atoms with E-state index in [2.05, 4.69) is 0 Å². The lowest BCUT2D eigenvalue weighted by Crippen LogP contribution is -2.30. The Morgan fingerprint density at radius 2 is 1.94 bits per heavy atom. The van der Waals surface area contributed by atoms with Crippen LogP contribution >= 0.6 is 0 Å². The molecule has 0 N–H and O–H groups in total. The summed E-state index contributed by atoms with van der Waals surface area (Å²) in [6, 6.07) is 8.55. The molecule has 1 fully saturated rings. The predicted octanol–water partition coefficient (Wildman–Crippen LogP) is 1.20. The first-order valence-electron chi connectivity index (χ1n) is 5.26. The highest BCUT2D eigenvalue weighted by Gasteiger charge is 2.35. The topological polar surface area (TPSA) is 54.5 Å². The second-order valence-electron chi connectivity index (χ2n) is 4.00. The molecule has 1 aliphatic heterocycles. The normalized spacial score (nSPS) is 20.5. The summed E-state index contributed by atoms with van der Waals surface area (Å²) in [6.45, 7) is 0.216. The van der Waals surface area contributed by atoms with Gasteiger partial charge in [-0.2, -0.15) is 8.42 Å².